The van der Waals surface area contributed by atoms with Gasteiger partial charge in [0.1, 0.15) is 5.75 Å². The van der Waals surface area contributed by atoms with E-state index >= 15 is 0 Å². The van der Waals surface area contributed by atoms with Gasteiger partial charge in [-0.15, -0.1) is 0 Å². The molecule has 0 aliphatic heterocycles. The Morgan fingerprint density at radius 2 is 1.31 bits per heavy atom. The number of nitrogens with zero attached hydrogens (tertiary/aromatic N) is 2. The number of aryl methyl sites for hydroxylation is 1. The summed E-state index contributed by atoms with van der Waals surface area (Å²) in [5.74, 6) is 0.446. The van der Waals surface area contributed by atoms with Gasteiger partial charge in [-0.25, -0.2) is 0 Å². The summed E-state index contributed by atoms with van der Waals surface area (Å²) >= 11 is 0. The zero-order chi connectivity index (χ0) is 22.9. The molecule has 0 atom stereocenters. The average molecular weight is 439 g/mol. The van der Waals surface area contributed by atoms with E-state index in [9.17, 15) is 4.79 Å². The van der Waals surface area contributed by atoms with Gasteiger partial charge < -0.3 is 4.74 Å². The van der Waals surface area contributed by atoms with Crippen molar-refractivity contribution in [2.24, 2.45) is 0 Å². The fraction of sp³-hybridized carbons (Fsp3) is 0.607. The van der Waals surface area contributed by atoms with Crippen LogP contribution in [0.2, 0.25) is 0 Å². The highest BCUT2D eigenvalue weighted by atomic mass is 16.5. The number of benzene rings is 1. The number of carbonyl (C=O) groups is 1. The molecule has 1 heterocycles. The van der Waals surface area contributed by atoms with E-state index < -0.39 is 0 Å². The van der Waals surface area contributed by atoms with Crippen molar-refractivity contribution in [1.82, 2.24) is 9.97 Å². The van der Waals surface area contributed by atoms with Gasteiger partial charge in [0.15, 0.2) is 0 Å². The van der Waals surface area contributed by atoms with Crippen LogP contribution in [0.1, 0.15) is 109 Å². The number of ether oxygens (including phenoxy) is 1. The molecule has 32 heavy (non-hydrogen) atoms. The molecule has 0 unspecified atom stereocenters. The van der Waals surface area contributed by atoms with E-state index in [1.165, 1.54) is 70.6 Å². The van der Waals surface area contributed by atoms with Gasteiger partial charge in [-0.1, -0.05) is 84.5 Å². The van der Waals surface area contributed by atoms with Gasteiger partial charge in [0, 0.05) is 18.2 Å². The summed E-state index contributed by atoms with van der Waals surface area (Å²) < 4.78 is 5.48. The first-order valence-electron chi connectivity index (χ1n) is 12.8. The molecule has 1 aromatic heterocycles. The minimum absolute atomic E-state index is 0.146. The number of unbranched alkanes of at least 4 members (excludes halogenated alkanes) is 11. The van der Waals surface area contributed by atoms with Crippen molar-refractivity contribution >= 4 is 5.97 Å². The molecule has 0 fully saturated rings. The third-order valence-corrected chi connectivity index (χ3v) is 5.86. The molecule has 4 heteroatoms. The molecule has 0 radical (unpaired) electrons. The molecule has 0 amide bonds. The average Bonchev–Trinajstić information content (AvgIpc) is 2.82. The lowest BCUT2D eigenvalue weighted by Gasteiger charge is -2.07. The molecule has 0 aliphatic rings. The van der Waals surface area contributed by atoms with Gasteiger partial charge in [-0.05, 0) is 43.5 Å². The van der Waals surface area contributed by atoms with Crippen LogP contribution in [0.4, 0.5) is 0 Å². The molecule has 2 aromatic rings. The molecule has 1 aromatic carbocycles. The van der Waals surface area contributed by atoms with Crippen LogP contribution in [0, 0.1) is 0 Å². The topological polar surface area (TPSA) is 52.1 Å². The molecule has 0 saturated carbocycles. The molecule has 2 rings (SSSR count). The van der Waals surface area contributed by atoms with Crippen molar-refractivity contribution in [3.63, 3.8) is 0 Å². The molecular formula is C28H42N2O2. The predicted molar refractivity (Wildman–Crippen MR) is 133 cm³/mol. The largest absolute Gasteiger partial charge is 0.427 e. The van der Waals surface area contributed by atoms with Gasteiger partial charge in [0.25, 0.3) is 0 Å². The number of aromatic nitrogens is 2. The van der Waals surface area contributed by atoms with E-state index in [1.807, 2.05) is 36.7 Å². The maximum Gasteiger partial charge on any atom is 0.311 e. The monoisotopic (exact) mass is 438 g/mol. The first kappa shape index (κ1) is 26.0. The maximum atomic E-state index is 12.1. The maximum absolute atomic E-state index is 12.1. The smallest absolute Gasteiger partial charge is 0.311 e. The van der Waals surface area contributed by atoms with Crippen LogP contribution in [-0.4, -0.2) is 15.9 Å². The summed E-state index contributed by atoms with van der Waals surface area (Å²) in [4.78, 5) is 21.2. The summed E-state index contributed by atoms with van der Waals surface area (Å²) in [6.07, 6.45) is 21.3. The zero-order valence-corrected chi connectivity index (χ0v) is 20.3. The van der Waals surface area contributed by atoms with Crippen LogP contribution in [0.15, 0.2) is 36.7 Å². The second kappa shape index (κ2) is 16.4. The molecule has 0 aliphatic carbocycles. The Morgan fingerprint density at radius 3 is 1.91 bits per heavy atom. The SMILES string of the molecule is CCCCCCCCCCC(=O)Oc1ccc(-c2cnc(CCCCCCC)cn2)cc1. The molecular weight excluding hydrogens is 396 g/mol. The van der Waals surface area contributed by atoms with E-state index in [4.69, 9.17) is 4.74 Å². The Morgan fingerprint density at radius 1 is 0.719 bits per heavy atom. The number of rotatable bonds is 17. The van der Waals surface area contributed by atoms with Crippen molar-refractivity contribution in [3.8, 4) is 17.0 Å². The Bertz CT molecular complexity index is 741. The third-order valence-electron chi connectivity index (χ3n) is 5.86. The van der Waals surface area contributed by atoms with Gasteiger partial charge in [0.2, 0.25) is 0 Å². The standard InChI is InChI=1S/C28H42N2O2/c1-3-5-7-9-10-11-13-15-17-28(31)32-26-20-18-24(19-21-26)27-23-29-25(22-30-27)16-14-12-8-6-4-2/h18-23H,3-17H2,1-2H3. The lowest BCUT2D eigenvalue weighted by Crippen LogP contribution is -2.07. The minimum Gasteiger partial charge on any atom is -0.427 e. The quantitative estimate of drug-likeness (QED) is 0.142. The van der Waals surface area contributed by atoms with Gasteiger partial charge in [0.05, 0.1) is 17.6 Å². The summed E-state index contributed by atoms with van der Waals surface area (Å²) in [5.41, 5.74) is 2.88. The van der Waals surface area contributed by atoms with Gasteiger partial charge in [-0.2, -0.15) is 0 Å². The van der Waals surface area contributed by atoms with E-state index in [-0.39, 0.29) is 5.97 Å². The number of esters is 1. The second-order valence-electron chi connectivity index (χ2n) is 8.78. The number of hydrogen-bond donors (Lipinski definition) is 0. The Balaban J connectivity index is 1.67. The van der Waals surface area contributed by atoms with E-state index in [2.05, 4.69) is 23.8 Å². The normalized spacial score (nSPS) is 10.9. The number of carbonyl (C=O) groups excluding carboxylic acids is 1. The molecule has 0 spiro atoms. The first-order chi connectivity index (χ1) is 15.7. The van der Waals surface area contributed by atoms with Crippen LogP contribution < -0.4 is 4.74 Å². The fourth-order valence-corrected chi connectivity index (χ4v) is 3.82. The van der Waals surface area contributed by atoms with Crippen LogP contribution in [0.5, 0.6) is 5.75 Å². The van der Waals surface area contributed by atoms with E-state index in [0.29, 0.717) is 12.2 Å². The molecule has 0 saturated heterocycles. The third kappa shape index (κ3) is 10.9. The van der Waals surface area contributed by atoms with Crippen molar-refractivity contribution < 1.29 is 9.53 Å². The van der Waals surface area contributed by atoms with Crippen LogP contribution in [-0.2, 0) is 11.2 Å². The highest BCUT2D eigenvalue weighted by Gasteiger charge is 2.06. The van der Waals surface area contributed by atoms with Gasteiger partial charge in [-0.3, -0.25) is 14.8 Å². The van der Waals surface area contributed by atoms with E-state index in [1.54, 1.807) is 0 Å². The molecule has 4 nitrogen and oxygen atoms in total. The molecule has 0 N–H and O–H groups in total. The van der Waals surface area contributed by atoms with Crippen LogP contribution >= 0.6 is 0 Å². The zero-order valence-electron chi connectivity index (χ0n) is 20.3. The summed E-state index contributed by atoms with van der Waals surface area (Å²) in [7, 11) is 0. The summed E-state index contributed by atoms with van der Waals surface area (Å²) in [5, 5.41) is 0. The fourth-order valence-electron chi connectivity index (χ4n) is 3.82. The second-order valence-corrected chi connectivity index (χ2v) is 8.78. The molecule has 176 valence electrons. The lowest BCUT2D eigenvalue weighted by molar-refractivity contribution is -0.134. The Kier molecular flexibility index (Phi) is 13.3. The summed E-state index contributed by atoms with van der Waals surface area (Å²) in [6.45, 7) is 4.47. The van der Waals surface area contributed by atoms with Crippen LogP contribution in [0.25, 0.3) is 11.3 Å². The van der Waals surface area contributed by atoms with Crippen molar-refractivity contribution in [1.29, 1.82) is 0 Å². The summed E-state index contributed by atoms with van der Waals surface area (Å²) in [6, 6.07) is 7.55. The highest BCUT2D eigenvalue weighted by molar-refractivity contribution is 5.72. The van der Waals surface area contributed by atoms with Crippen LogP contribution in [0.3, 0.4) is 0 Å². The van der Waals surface area contributed by atoms with Crippen molar-refractivity contribution in [2.75, 3.05) is 0 Å². The predicted octanol–water partition coefficient (Wildman–Crippen LogP) is 8.09. The Hall–Kier alpha value is -2.23. The van der Waals surface area contributed by atoms with Crippen molar-refractivity contribution in [3.05, 3.63) is 42.4 Å². The minimum atomic E-state index is -0.146. The van der Waals surface area contributed by atoms with Gasteiger partial charge >= 0.3 is 5.97 Å². The molecule has 0 bridgehead atoms. The Labute approximate surface area is 195 Å². The number of hydrogen-bond acceptors (Lipinski definition) is 4. The van der Waals surface area contributed by atoms with E-state index in [0.717, 1.165) is 36.2 Å². The first-order valence-corrected chi connectivity index (χ1v) is 12.8. The highest BCUT2D eigenvalue weighted by Crippen LogP contribution is 2.21. The lowest BCUT2D eigenvalue weighted by atomic mass is 10.1. The van der Waals surface area contributed by atoms with Crippen molar-refractivity contribution in [2.45, 2.75) is 110 Å².